The largest absolute Gasteiger partial charge is 0.460 e. The zero-order valence-electron chi connectivity index (χ0n) is 17.3. The molecule has 0 aliphatic heterocycles. The second kappa shape index (κ2) is 9.20. The van der Waals surface area contributed by atoms with E-state index in [1.807, 2.05) is 34.6 Å². The minimum Gasteiger partial charge on any atom is -0.460 e. The molecule has 146 valence electrons. The number of likely N-dealkylation sites (N-methyl/N-ethyl adjacent to an activating group) is 1. The summed E-state index contributed by atoms with van der Waals surface area (Å²) in [6, 6.07) is -0.668. The molecule has 0 saturated carbocycles. The van der Waals surface area contributed by atoms with E-state index >= 15 is 0 Å². The number of esters is 1. The number of amides is 2. The van der Waals surface area contributed by atoms with Gasteiger partial charge in [0, 0.05) is 13.0 Å². The topological polar surface area (TPSA) is 84.5 Å². The van der Waals surface area contributed by atoms with Crippen LogP contribution in [0.5, 0.6) is 0 Å². The summed E-state index contributed by atoms with van der Waals surface area (Å²) in [5.74, 6) is -1.22. The summed E-state index contributed by atoms with van der Waals surface area (Å²) in [4.78, 5) is 37.0. The quantitative estimate of drug-likeness (QED) is 0.687. The fourth-order valence-corrected chi connectivity index (χ4v) is 2.52. The highest BCUT2D eigenvalue weighted by atomic mass is 16.6. The molecule has 6 nitrogen and oxygen atoms in total. The molecule has 0 fully saturated rings. The fraction of sp³-hybridized carbons (Fsp3) is 0.842. The number of carbonyl (C=O) groups excluding carboxylic acids is 3. The van der Waals surface area contributed by atoms with Gasteiger partial charge in [-0.15, -0.1) is 0 Å². The van der Waals surface area contributed by atoms with E-state index < -0.39 is 28.9 Å². The van der Waals surface area contributed by atoms with Crippen LogP contribution in [0.2, 0.25) is 0 Å². The monoisotopic (exact) mass is 356 g/mol. The van der Waals surface area contributed by atoms with Crippen LogP contribution in [0.1, 0.15) is 68.2 Å². The molecule has 0 aromatic heterocycles. The number of nitrogens with one attached hydrogen (secondary N) is 2. The maximum Gasteiger partial charge on any atom is 0.307 e. The van der Waals surface area contributed by atoms with Crippen molar-refractivity contribution in [2.45, 2.75) is 79.9 Å². The summed E-state index contributed by atoms with van der Waals surface area (Å²) in [7, 11) is 1.54. The lowest BCUT2D eigenvalue weighted by atomic mass is 9.85. The summed E-state index contributed by atoms with van der Waals surface area (Å²) < 4.78 is 5.34. The van der Waals surface area contributed by atoms with Crippen molar-refractivity contribution in [3.63, 3.8) is 0 Å². The minimum absolute atomic E-state index is 0.00584. The van der Waals surface area contributed by atoms with Crippen molar-refractivity contribution in [3.05, 3.63) is 0 Å². The van der Waals surface area contributed by atoms with Gasteiger partial charge in [-0.1, -0.05) is 34.6 Å². The van der Waals surface area contributed by atoms with Gasteiger partial charge in [-0.25, -0.2) is 0 Å². The Morgan fingerprint density at radius 2 is 1.48 bits per heavy atom. The van der Waals surface area contributed by atoms with Crippen LogP contribution >= 0.6 is 0 Å². The molecule has 2 N–H and O–H groups in total. The molecule has 0 rings (SSSR count). The van der Waals surface area contributed by atoms with Gasteiger partial charge < -0.3 is 15.4 Å². The Kier molecular flexibility index (Phi) is 8.62. The van der Waals surface area contributed by atoms with Gasteiger partial charge in [0.2, 0.25) is 11.8 Å². The van der Waals surface area contributed by atoms with Gasteiger partial charge in [0.05, 0.1) is 6.42 Å². The molecule has 6 heteroatoms. The van der Waals surface area contributed by atoms with Gasteiger partial charge in [-0.3, -0.25) is 14.4 Å². The summed E-state index contributed by atoms with van der Waals surface area (Å²) in [5, 5.41) is 5.41. The summed E-state index contributed by atoms with van der Waals surface area (Å²) in [5.41, 5.74) is -1.03. The van der Waals surface area contributed by atoms with Crippen LogP contribution in [0.4, 0.5) is 0 Å². The van der Waals surface area contributed by atoms with E-state index in [-0.39, 0.29) is 24.2 Å². The Balaban J connectivity index is 5.22. The van der Waals surface area contributed by atoms with Crippen LogP contribution in [0.3, 0.4) is 0 Å². The van der Waals surface area contributed by atoms with Gasteiger partial charge in [-0.2, -0.15) is 0 Å². The Morgan fingerprint density at radius 1 is 0.960 bits per heavy atom. The van der Waals surface area contributed by atoms with Gasteiger partial charge >= 0.3 is 5.97 Å². The minimum atomic E-state index is -0.668. The molecule has 0 aliphatic carbocycles. The van der Waals surface area contributed by atoms with Crippen LogP contribution in [0.15, 0.2) is 0 Å². The Hall–Kier alpha value is -1.59. The summed E-state index contributed by atoms with van der Waals surface area (Å²) in [6.45, 7) is 15.0. The summed E-state index contributed by atoms with van der Waals surface area (Å²) >= 11 is 0. The first-order valence-corrected chi connectivity index (χ1v) is 8.91. The lowest BCUT2D eigenvalue weighted by molar-refractivity contribution is -0.157. The highest BCUT2D eigenvalue weighted by Gasteiger charge is 2.35. The first-order chi connectivity index (χ1) is 11.2. The van der Waals surface area contributed by atoms with Crippen LogP contribution in [0, 0.1) is 17.3 Å². The average molecular weight is 357 g/mol. The van der Waals surface area contributed by atoms with E-state index in [9.17, 15) is 14.4 Å². The molecule has 0 radical (unpaired) electrons. The lowest BCUT2D eigenvalue weighted by Gasteiger charge is -2.31. The van der Waals surface area contributed by atoms with Gasteiger partial charge in [0.1, 0.15) is 11.6 Å². The predicted molar refractivity (Wildman–Crippen MR) is 98.9 cm³/mol. The predicted octanol–water partition coefficient (Wildman–Crippen LogP) is 2.66. The molecule has 0 bridgehead atoms. The first-order valence-electron chi connectivity index (χ1n) is 8.91. The maximum absolute atomic E-state index is 12.8. The van der Waals surface area contributed by atoms with Crippen molar-refractivity contribution in [3.8, 4) is 0 Å². The molecule has 25 heavy (non-hydrogen) atoms. The zero-order valence-corrected chi connectivity index (χ0v) is 17.3. The number of rotatable bonds is 7. The van der Waals surface area contributed by atoms with Crippen LogP contribution in [-0.4, -0.2) is 36.5 Å². The van der Waals surface area contributed by atoms with Crippen molar-refractivity contribution in [2.75, 3.05) is 7.05 Å². The molecule has 0 saturated heterocycles. The average Bonchev–Trinajstić information content (AvgIpc) is 2.39. The normalized spacial score (nSPS) is 14.6. The van der Waals surface area contributed by atoms with E-state index in [2.05, 4.69) is 10.6 Å². The van der Waals surface area contributed by atoms with Gasteiger partial charge in [0.25, 0.3) is 0 Å². The highest BCUT2D eigenvalue weighted by Crippen LogP contribution is 2.23. The standard InChI is InChI=1S/C19H36N2O4/c1-12(2)10-13(11-14(22)25-19(6,7)8)16(23)21-15(17(24)20-9)18(3,4)5/h12-13,15H,10-11H2,1-9H3,(H,20,24)(H,21,23). The molecular formula is C19H36N2O4. The van der Waals surface area contributed by atoms with E-state index in [0.717, 1.165) is 0 Å². The van der Waals surface area contributed by atoms with E-state index in [1.54, 1.807) is 27.8 Å². The smallest absolute Gasteiger partial charge is 0.307 e. The number of hydrogen-bond acceptors (Lipinski definition) is 4. The van der Waals surface area contributed by atoms with Crippen LogP contribution in [0.25, 0.3) is 0 Å². The Morgan fingerprint density at radius 3 is 1.84 bits per heavy atom. The molecule has 2 amide bonds. The van der Waals surface area contributed by atoms with Crippen LogP contribution in [-0.2, 0) is 19.1 Å². The van der Waals surface area contributed by atoms with Crippen molar-refractivity contribution < 1.29 is 19.1 Å². The molecule has 0 aliphatic rings. The lowest BCUT2D eigenvalue weighted by Crippen LogP contribution is -2.54. The van der Waals surface area contributed by atoms with Crippen molar-refractivity contribution in [1.82, 2.24) is 10.6 Å². The molecule has 0 aromatic carbocycles. The molecule has 0 spiro atoms. The first kappa shape index (κ1) is 23.4. The van der Waals surface area contributed by atoms with E-state index in [4.69, 9.17) is 4.74 Å². The third-order valence-electron chi connectivity index (χ3n) is 3.62. The van der Waals surface area contributed by atoms with E-state index in [1.165, 1.54) is 0 Å². The zero-order chi connectivity index (χ0) is 20.0. The van der Waals surface area contributed by atoms with Crippen molar-refractivity contribution >= 4 is 17.8 Å². The Labute approximate surface area is 152 Å². The number of ether oxygens (including phenoxy) is 1. The van der Waals surface area contributed by atoms with Crippen molar-refractivity contribution in [2.24, 2.45) is 17.3 Å². The van der Waals surface area contributed by atoms with Gasteiger partial charge in [0.15, 0.2) is 0 Å². The fourth-order valence-electron chi connectivity index (χ4n) is 2.52. The van der Waals surface area contributed by atoms with Gasteiger partial charge in [-0.05, 0) is 38.5 Å². The highest BCUT2D eigenvalue weighted by molar-refractivity contribution is 5.90. The second-order valence-electron chi connectivity index (χ2n) is 9.04. The van der Waals surface area contributed by atoms with Crippen LogP contribution < -0.4 is 10.6 Å². The third kappa shape index (κ3) is 9.46. The number of hydrogen-bond donors (Lipinski definition) is 2. The molecule has 2 atom stereocenters. The number of carbonyl (C=O) groups is 3. The SMILES string of the molecule is CNC(=O)C(NC(=O)C(CC(=O)OC(C)(C)C)CC(C)C)C(C)(C)C. The Bertz CT molecular complexity index is 473. The third-order valence-corrected chi connectivity index (χ3v) is 3.62. The molecule has 2 unspecified atom stereocenters. The molecule has 0 aromatic rings. The van der Waals surface area contributed by atoms with Crippen molar-refractivity contribution in [1.29, 1.82) is 0 Å². The van der Waals surface area contributed by atoms with E-state index in [0.29, 0.717) is 6.42 Å². The molecule has 0 heterocycles. The second-order valence-corrected chi connectivity index (χ2v) is 9.04. The summed E-state index contributed by atoms with van der Waals surface area (Å²) in [6.07, 6.45) is 0.557. The molecular weight excluding hydrogens is 320 g/mol. The maximum atomic E-state index is 12.8.